The predicted octanol–water partition coefficient (Wildman–Crippen LogP) is 3.30. The van der Waals surface area contributed by atoms with Gasteiger partial charge in [0, 0.05) is 24.7 Å². The Morgan fingerprint density at radius 3 is 2.70 bits per heavy atom. The van der Waals surface area contributed by atoms with Crippen LogP contribution in [0.5, 0.6) is 0 Å². The van der Waals surface area contributed by atoms with Gasteiger partial charge in [-0.3, -0.25) is 9.88 Å². The third kappa shape index (κ3) is 3.89. The van der Waals surface area contributed by atoms with E-state index in [2.05, 4.69) is 29.8 Å². The Hall–Kier alpha value is -1.22. The van der Waals surface area contributed by atoms with Crippen molar-refractivity contribution >= 4 is 6.29 Å². The Morgan fingerprint density at radius 2 is 2.15 bits per heavy atom. The highest BCUT2D eigenvalue weighted by atomic mass is 16.1. The van der Waals surface area contributed by atoms with E-state index in [1.165, 1.54) is 19.1 Å². The number of rotatable bonds is 6. The predicted molar refractivity (Wildman–Crippen MR) is 81.3 cm³/mol. The Morgan fingerprint density at radius 1 is 1.40 bits per heavy atom. The molecule has 0 saturated heterocycles. The van der Waals surface area contributed by atoms with Crippen molar-refractivity contribution in [3.63, 3.8) is 0 Å². The fourth-order valence-corrected chi connectivity index (χ4v) is 3.10. The monoisotopic (exact) mass is 274 g/mol. The summed E-state index contributed by atoms with van der Waals surface area (Å²) in [4.78, 5) is 18.4. The average Bonchev–Trinajstić information content (AvgIpc) is 2.50. The molecule has 0 spiro atoms. The maximum Gasteiger partial charge on any atom is 0.127 e. The highest BCUT2D eigenvalue weighted by molar-refractivity contribution is 5.60. The van der Waals surface area contributed by atoms with Gasteiger partial charge in [-0.25, -0.2) is 0 Å². The quantitative estimate of drug-likeness (QED) is 0.746. The SMILES string of the molecule is CCN(Cc1ccccn1)CC1(C=O)CCC(C)CC1. The minimum atomic E-state index is -0.128. The summed E-state index contributed by atoms with van der Waals surface area (Å²) >= 11 is 0. The van der Waals surface area contributed by atoms with Gasteiger partial charge in [-0.05, 0) is 50.3 Å². The lowest BCUT2D eigenvalue weighted by atomic mass is 9.71. The van der Waals surface area contributed by atoms with E-state index < -0.39 is 0 Å². The van der Waals surface area contributed by atoms with Crippen LogP contribution in [-0.2, 0) is 11.3 Å². The smallest absolute Gasteiger partial charge is 0.127 e. The molecule has 1 fully saturated rings. The highest BCUT2D eigenvalue weighted by Gasteiger charge is 2.35. The molecule has 1 aliphatic carbocycles. The van der Waals surface area contributed by atoms with Gasteiger partial charge in [0.15, 0.2) is 0 Å². The zero-order valence-corrected chi connectivity index (χ0v) is 12.7. The summed E-state index contributed by atoms with van der Waals surface area (Å²) in [6.07, 6.45) is 7.49. The summed E-state index contributed by atoms with van der Waals surface area (Å²) in [5.74, 6) is 0.772. The largest absolute Gasteiger partial charge is 0.303 e. The van der Waals surface area contributed by atoms with Crippen molar-refractivity contribution in [3.8, 4) is 0 Å². The van der Waals surface area contributed by atoms with Gasteiger partial charge < -0.3 is 4.79 Å². The molecule has 0 unspecified atom stereocenters. The van der Waals surface area contributed by atoms with Crippen LogP contribution in [0.3, 0.4) is 0 Å². The minimum Gasteiger partial charge on any atom is -0.303 e. The zero-order valence-electron chi connectivity index (χ0n) is 12.7. The van der Waals surface area contributed by atoms with Crippen LogP contribution in [-0.4, -0.2) is 29.3 Å². The van der Waals surface area contributed by atoms with Crippen LogP contribution in [0, 0.1) is 11.3 Å². The van der Waals surface area contributed by atoms with Crippen LogP contribution in [0.25, 0.3) is 0 Å². The Bertz CT molecular complexity index is 410. The number of carbonyl (C=O) groups excluding carboxylic acids is 1. The molecule has 20 heavy (non-hydrogen) atoms. The first-order chi connectivity index (χ1) is 9.67. The Balaban J connectivity index is 1.99. The van der Waals surface area contributed by atoms with E-state index in [-0.39, 0.29) is 5.41 Å². The summed E-state index contributed by atoms with van der Waals surface area (Å²) in [6.45, 7) is 7.12. The molecule has 1 heterocycles. The molecule has 110 valence electrons. The summed E-state index contributed by atoms with van der Waals surface area (Å²) in [5, 5.41) is 0. The van der Waals surface area contributed by atoms with Gasteiger partial charge in [0.1, 0.15) is 6.29 Å². The lowest BCUT2D eigenvalue weighted by Crippen LogP contribution is -2.41. The summed E-state index contributed by atoms with van der Waals surface area (Å²) < 4.78 is 0. The van der Waals surface area contributed by atoms with Crippen molar-refractivity contribution in [3.05, 3.63) is 30.1 Å². The molecule has 1 aromatic rings. The molecule has 0 aromatic carbocycles. The second kappa shape index (κ2) is 6.98. The van der Waals surface area contributed by atoms with Crippen molar-refractivity contribution in [1.82, 2.24) is 9.88 Å². The third-order valence-corrected chi connectivity index (χ3v) is 4.62. The summed E-state index contributed by atoms with van der Waals surface area (Å²) in [5.41, 5.74) is 0.955. The van der Waals surface area contributed by atoms with Crippen LogP contribution in [0.2, 0.25) is 0 Å². The van der Waals surface area contributed by atoms with Crippen LogP contribution in [0.15, 0.2) is 24.4 Å². The van der Waals surface area contributed by atoms with Crippen LogP contribution >= 0.6 is 0 Å². The van der Waals surface area contributed by atoms with Gasteiger partial charge in [-0.1, -0.05) is 19.9 Å². The Labute approximate surface area is 122 Å². The number of nitrogens with zero attached hydrogens (tertiary/aromatic N) is 2. The average molecular weight is 274 g/mol. The normalized spacial score (nSPS) is 26.6. The number of hydrogen-bond acceptors (Lipinski definition) is 3. The molecule has 1 aliphatic rings. The van der Waals surface area contributed by atoms with E-state index in [9.17, 15) is 4.79 Å². The second-order valence-corrected chi connectivity index (χ2v) is 6.29. The van der Waals surface area contributed by atoms with Gasteiger partial charge in [0.2, 0.25) is 0 Å². The molecule has 0 amide bonds. The van der Waals surface area contributed by atoms with Crippen molar-refractivity contribution < 1.29 is 4.79 Å². The van der Waals surface area contributed by atoms with E-state index in [1.807, 2.05) is 18.3 Å². The van der Waals surface area contributed by atoms with Gasteiger partial charge in [0.25, 0.3) is 0 Å². The van der Waals surface area contributed by atoms with Crippen LogP contribution < -0.4 is 0 Å². The van der Waals surface area contributed by atoms with Crippen molar-refractivity contribution in [2.24, 2.45) is 11.3 Å². The molecule has 3 nitrogen and oxygen atoms in total. The fourth-order valence-electron chi connectivity index (χ4n) is 3.10. The van der Waals surface area contributed by atoms with E-state index in [0.717, 1.165) is 44.1 Å². The van der Waals surface area contributed by atoms with E-state index in [1.54, 1.807) is 0 Å². The number of pyridine rings is 1. The maximum absolute atomic E-state index is 11.7. The first kappa shape index (κ1) is 15.2. The van der Waals surface area contributed by atoms with Crippen LogP contribution in [0.4, 0.5) is 0 Å². The van der Waals surface area contributed by atoms with Crippen molar-refractivity contribution in [1.29, 1.82) is 0 Å². The van der Waals surface area contributed by atoms with Crippen LogP contribution in [0.1, 0.15) is 45.2 Å². The molecule has 0 bridgehead atoms. The first-order valence-corrected chi connectivity index (χ1v) is 7.76. The van der Waals surface area contributed by atoms with Crippen molar-refractivity contribution in [2.75, 3.05) is 13.1 Å². The van der Waals surface area contributed by atoms with E-state index in [0.29, 0.717) is 0 Å². The van der Waals surface area contributed by atoms with Gasteiger partial charge >= 0.3 is 0 Å². The van der Waals surface area contributed by atoms with E-state index in [4.69, 9.17) is 0 Å². The molecule has 0 N–H and O–H groups in total. The molecule has 2 rings (SSSR count). The highest BCUT2D eigenvalue weighted by Crippen LogP contribution is 2.38. The number of carbonyl (C=O) groups is 1. The maximum atomic E-state index is 11.7. The Kier molecular flexibility index (Phi) is 5.30. The number of aldehydes is 1. The van der Waals surface area contributed by atoms with E-state index >= 15 is 0 Å². The third-order valence-electron chi connectivity index (χ3n) is 4.62. The van der Waals surface area contributed by atoms with Gasteiger partial charge in [-0.2, -0.15) is 0 Å². The standard InChI is InChI=1S/C17H26N2O/c1-3-19(12-16-6-4-5-11-18-16)13-17(14-20)9-7-15(2)8-10-17/h4-6,11,14-15H,3,7-10,12-13H2,1-2H3. The number of aromatic nitrogens is 1. The zero-order chi connectivity index (χ0) is 14.4. The number of hydrogen-bond donors (Lipinski definition) is 0. The lowest BCUT2D eigenvalue weighted by Gasteiger charge is -2.38. The minimum absolute atomic E-state index is 0.128. The molecular formula is C17H26N2O. The molecule has 1 aromatic heterocycles. The molecule has 1 saturated carbocycles. The summed E-state index contributed by atoms with van der Waals surface area (Å²) in [7, 11) is 0. The lowest BCUT2D eigenvalue weighted by molar-refractivity contribution is -0.119. The first-order valence-electron chi connectivity index (χ1n) is 7.76. The fraction of sp³-hybridized carbons (Fsp3) is 0.647. The topological polar surface area (TPSA) is 33.2 Å². The molecule has 3 heteroatoms. The molecule has 0 atom stereocenters. The molecule has 0 radical (unpaired) electrons. The molecule has 0 aliphatic heterocycles. The van der Waals surface area contributed by atoms with Gasteiger partial charge in [0.05, 0.1) is 5.69 Å². The van der Waals surface area contributed by atoms with Gasteiger partial charge in [-0.15, -0.1) is 0 Å². The summed E-state index contributed by atoms with van der Waals surface area (Å²) in [6, 6.07) is 6.02. The second-order valence-electron chi connectivity index (χ2n) is 6.29. The van der Waals surface area contributed by atoms with Crippen molar-refractivity contribution in [2.45, 2.75) is 46.1 Å². The molecular weight excluding hydrogens is 248 g/mol.